The molecule has 1 N–H and O–H groups in total. The van der Waals surface area contributed by atoms with Crippen LogP contribution in [-0.4, -0.2) is 56.8 Å². The van der Waals surface area contributed by atoms with Crippen molar-refractivity contribution in [3.05, 3.63) is 0 Å². The maximum absolute atomic E-state index is 11.5. The lowest BCUT2D eigenvalue weighted by Crippen LogP contribution is -2.36. The summed E-state index contributed by atoms with van der Waals surface area (Å²) >= 11 is 0. The summed E-state index contributed by atoms with van der Waals surface area (Å²) in [5, 5.41) is 2.48. The number of amides is 2. The van der Waals surface area contributed by atoms with E-state index in [1.54, 1.807) is 0 Å². The van der Waals surface area contributed by atoms with Crippen molar-refractivity contribution in [2.24, 2.45) is 0 Å². The number of rotatable bonds is 4. The molecule has 1 aliphatic heterocycles. The van der Waals surface area contributed by atoms with Gasteiger partial charge in [0.2, 0.25) is 11.8 Å². The van der Waals surface area contributed by atoms with Crippen LogP contribution < -0.4 is 5.32 Å². The highest BCUT2D eigenvalue weighted by molar-refractivity contribution is 7.90. The summed E-state index contributed by atoms with van der Waals surface area (Å²) in [5.41, 5.74) is 0. The Balaban J connectivity index is 2.40. The SMILES string of the molecule is CS(=O)(=O)CCCN1CCC(=O)NCC1=O. The number of sulfone groups is 1. The molecule has 7 heteroatoms. The van der Waals surface area contributed by atoms with Crippen LogP contribution in [0.2, 0.25) is 0 Å². The highest BCUT2D eigenvalue weighted by atomic mass is 32.2. The lowest BCUT2D eigenvalue weighted by molar-refractivity contribution is -0.130. The second kappa shape index (κ2) is 5.29. The molecular weight excluding hydrogens is 232 g/mol. The molecule has 0 aromatic heterocycles. The van der Waals surface area contributed by atoms with Gasteiger partial charge in [-0.2, -0.15) is 0 Å². The van der Waals surface area contributed by atoms with Crippen molar-refractivity contribution in [2.45, 2.75) is 12.8 Å². The molecule has 92 valence electrons. The van der Waals surface area contributed by atoms with Crippen LogP contribution in [0, 0.1) is 0 Å². The predicted molar refractivity (Wildman–Crippen MR) is 58.5 cm³/mol. The summed E-state index contributed by atoms with van der Waals surface area (Å²) in [7, 11) is -2.98. The van der Waals surface area contributed by atoms with Crippen LogP contribution >= 0.6 is 0 Å². The van der Waals surface area contributed by atoms with Gasteiger partial charge in [-0.1, -0.05) is 0 Å². The average molecular weight is 248 g/mol. The van der Waals surface area contributed by atoms with E-state index in [1.807, 2.05) is 0 Å². The summed E-state index contributed by atoms with van der Waals surface area (Å²) in [4.78, 5) is 24.0. The third kappa shape index (κ3) is 4.61. The van der Waals surface area contributed by atoms with Gasteiger partial charge in [0.25, 0.3) is 0 Å². The van der Waals surface area contributed by atoms with Gasteiger partial charge in [-0.25, -0.2) is 8.42 Å². The third-order valence-electron chi connectivity index (χ3n) is 2.34. The molecule has 0 radical (unpaired) electrons. The normalized spacial score (nSPS) is 18.2. The maximum atomic E-state index is 11.5. The molecule has 6 nitrogen and oxygen atoms in total. The zero-order valence-corrected chi connectivity index (χ0v) is 10.0. The average Bonchev–Trinajstić information content (AvgIpc) is 2.30. The van der Waals surface area contributed by atoms with E-state index < -0.39 is 9.84 Å². The van der Waals surface area contributed by atoms with E-state index in [2.05, 4.69) is 5.32 Å². The first-order chi connectivity index (χ1) is 7.38. The minimum absolute atomic E-state index is 0.0116. The van der Waals surface area contributed by atoms with Crippen LogP contribution in [0.5, 0.6) is 0 Å². The van der Waals surface area contributed by atoms with Crippen LogP contribution in [-0.2, 0) is 19.4 Å². The molecular formula is C9H16N2O4S. The minimum Gasteiger partial charge on any atom is -0.347 e. The largest absolute Gasteiger partial charge is 0.347 e. The van der Waals surface area contributed by atoms with Crippen LogP contribution in [0.15, 0.2) is 0 Å². The Morgan fingerprint density at radius 3 is 2.69 bits per heavy atom. The number of carbonyl (C=O) groups excluding carboxylic acids is 2. The number of hydrogen-bond acceptors (Lipinski definition) is 4. The van der Waals surface area contributed by atoms with Gasteiger partial charge in [0.15, 0.2) is 0 Å². The summed E-state index contributed by atoms with van der Waals surface area (Å²) in [6.45, 7) is 0.771. The molecule has 0 bridgehead atoms. The Kier molecular flexibility index (Phi) is 4.28. The van der Waals surface area contributed by atoms with Gasteiger partial charge in [-0.3, -0.25) is 9.59 Å². The van der Waals surface area contributed by atoms with Crippen molar-refractivity contribution in [3.8, 4) is 0 Å². The Hall–Kier alpha value is -1.11. The van der Waals surface area contributed by atoms with Gasteiger partial charge < -0.3 is 10.2 Å². The summed E-state index contributed by atoms with van der Waals surface area (Å²) < 4.78 is 21.8. The van der Waals surface area contributed by atoms with E-state index >= 15 is 0 Å². The molecule has 0 aromatic carbocycles. The first-order valence-electron chi connectivity index (χ1n) is 5.11. The van der Waals surface area contributed by atoms with Crippen LogP contribution in [0.4, 0.5) is 0 Å². The summed E-state index contributed by atoms with van der Waals surface area (Å²) in [5.74, 6) is -0.226. The van der Waals surface area contributed by atoms with Gasteiger partial charge in [0.05, 0.1) is 12.3 Å². The van der Waals surface area contributed by atoms with Crippen LogP contribution in [0.3, 0.4) is 0 Å². The minimum atomic E-state index is -2.98. The Labute approximate surface area is 94.9 Å². The molecule has 0 aromatic rings. The van der Waals surface area contributed by atoms with E-state index in [1.165, 1.54) is 11.2 Å². The highest BCUT2D eigenvalue weighted by Gasteiger charge is 2.19. The second-order valence-electron chi connectivity index (χ2n) is 3.89. The molecule has 0 saturated carbocycles. The molecule has 0 aliphatic carbocycles. The van der Waals surface area contributed by atoms with Crippen LogP contribution in [0.25, 0.3) is 0 Å². The Morgan fingerprint density at radius 1 is 1.38 bits per heavy atom. The first kappa shape index (κ1) is 13.0. The fraction of sp³-hybridized carbons (Fsp3) is 0.778. The highest BCUT2D eigenvalue weighted by Crippen LogP contribution is 2.00. The molecule has 2 amide bonds. The number of nitrogens with zero attached hydrogens (tertiary/aromatic N) is 1. The fourth-order valence-corrected chi connectivity index (χ4v) is 2.14. The lowest BCUT2D eigenvalue weighted by atomic mass is 10.3. The molecule has 0 atom stereocenters. The number of nitrogens with one attached hydrogen (secondary N) is 1. The standard InChI is InChI=1S/C9H16N2O4S/c1-16(14,15)6-2-4-11-5-3-8(12)10-7-9(11)13/h2-7H2,1H3,(H,10,12). The fourth-order valence-electron chi connectivity index (χ4n) is 1.49. The van der Waals surface area contributed by atoms with E-state index in [4.69, 9.17) is 0 Å². The Bertz CT molecular complexity index is 377. The van der Waals surface area contributed by atoms with Gasteiger partial charge in [0, 0.05) is 25.8 Å². The molecule has 1 rings (SSSR count). The van der Waals surface area contributed by atoms with Crippen molar-refractivity contribution < 1.29 is 18.0 Å². The predicted octanol–water partition coefficient (Wildman–Crippen LogP) is -1.23. The molecule has 0 spiro atoms. The van der Waals surface area contributed by atoms with Crippen LogP contribution in [0.1, 0.15) is 12.8 Å². The number of carbonyl (C=O) groups is 2. The van der Waals surface area contributed by atoms with Crippen molar-refractivity contribution in [3.63, 3.8) is 0 Å². The summed E-state index contributed by atoms with van der Waals surface area (Å²) in [6, 6.07) is 0. The lowest BCUT2D eigenvalue weighted by Gasteiger charge is -2.19. The van der Waals surface area contributed by atoms with Crippen molar-refractivity contribution in [1.29, 1.82) is 0 Å². The van der Waals surface area contributed by atoms with E-state index in [0.29, 0.717) is 19.5 Å². The van der Waals surface area contributed by atoms with Gasteiger partial charge in [0.1, 0.15) is 9.84 Å². The topological polar surface area (TPSA) is 83.6 Å². The molecule has 16 heavy (non-hydrogen) atoms. The maximum Gasteiger partial charge on any atom is 0.241 e. The van der Waals surface area contributed by atoms with Crippen molar-refractivity contribution in [1.82, 2.24) is 10.2 Å². The smallest absolute Gasteiger partial charge is 0.241 e. The number of hydrogen-bond donors (Lipinski definition) is 1. The van der Waals surface area contributed by atoms with Gasteiger partial charge in [-0.05, 0) is 6.42 Å². The van der Waals surface area contributed by atoms with Gasteiger partial charge >= 0.3 is 0 Å². The molecule has 1 heterocycles. The molecule has 0 unspecified atom stereocenters. The monoisotopic (exact) mass is 248 g/mol. The van der Waals surface area contributed by atoms with Crippen molar-refractivity contribution in [2.75, 3.05) is 31.6 Å². The third-order valence-corrected chi connectivity index (χ3v) is 3.37. The molecule has 1 fully saturated rings. The van der Waals surface area contributed by atoms with E-state index in [0.717, 1.165) is 0 Å². The molecule has 1 aliphatic rings. The summed E-state index contributed by atoms with van der Waals surface area (Å²) in [6.07, 6.45) is 1.87. The quantitative estimate of drug-likeness (QED) is 0.675. The first-order valence-corrected chi connectivity index (χ1v) is 7.17. The van der Waals surface area contributed by atoms with Gasteiger partial charge in [-0.15, -0.1) is 0 Å². The zero-order chi connectivity index (χ0) is 12.2. The van der Waals surface area contributed by atoms with E-state index in [9.17, 15) is 18.0 Å². The second-order valence-corrected chi connectivity index (χ2v) is 6.15. The molecule has 1 saturated heterocycles. The van der Waals surface area contributed by atoms with E-state index in [-0.39, 0.29) is 30.5 Å². The van der Waals surface area contributed by atoms with Crippen molar-refractivity contribution >= 4 is 21.7 Å². The zero-order valence-electron chi connectivity index (χ0n) is 9.23. The Morgan fingerprint density at radius 2 is 2.06 bits per heavy atom.